The molecule has 1 fully saturated rings. The maximum absolute atomic E-state index is 10.6. The largest absolute Gasteiger partial charge is 0.391 e. The van der Waals surface area contributed by atoms with E-state index in [2.05, 4.69) is 19.0 Å². The summed E-state index contributed by atoms with van der Waals surface area (Å²) in [5, 5.41) is 14.8. The van der Waals surface area contributed by atoms with E-state index in [1.807, 2.05) is 0 Å². The second kappa shape index (κ2) is 3.80. The second-order valence-corrected chi connectivity index (χ2v) is 5.09. The van der Waals surface area contributed by atoms with E-state index in [0.29, 0.717) is 17.8 Å². The third kappa shape index (κ3) is 1.43. The van der Waals surface area contributed by atoms with Gasteiger partial charge < -0.3 is 4.84 Å². The molecule has 1 heterocycles. The molecule has 0 radical (unpaired) electrons. The zero-order chi connectivity index (χ0) is 12.9. The first-order valence-corrected chi connectivity index (χ1v) is 6.08. The number of fused-ring (bicyclic) bond motifs is 1. The standard InChI is InChI=1S/C13H14N2O3/c1-7-8(2)13-11(7)12(14-18-13)9-3-5-10(6-4-9)15(16)17/h3-8,11,13H,1-2H3/t7-,8+,11-,13-/m1/s1. The van der Waals surface area contributed by atoms with Crippen molar-refractivity contribution in [2.24, 2.45) is 22.9 Å². The lowest BCUT2D eigenvalue weighted by Crippen LogP contribution is -2.49. The summed E-state index contributed by atoms with van der Waals surface area (Å²) < 4.78 is 0. The van der Waals surface area contributed by atoms with E-state index in [9.17, 15) is 10.1 Å². The van der Waals surface area contributed by atoms with Crippen LogP contribution in [0.4, 0.5) is 5.69 Å². The Morgan fingerprint density at radius 3 is 2.50 bits per heavy atom. The molecule has 0 N–H and O–H groups in total. The zero-order valence-electron chi connectivity index (χ0n) is 10.2. The molecule has 1 saturated carbocycles. The van der Waals surface area contributed by atoms with Gasteiger partial charge in [-0.25, -0.2) is 0 Å². The van der Waals surface area contributed by atoms with Crippen LogP contribution in [0.3, 0.4) is 0 Å². The molecule has 0 aromatic heterocycles. The number of nitrogens with zero attached hydrogens (tertiary/aromatic N) is 2. The minimum Gasteiger partial charge on any atom is -0.391 e. The van der Waals surface area contributed by atoms with Crippen molar-refractivity contribution in [1.82, 2.24) is 0 Å². The predicted molar refractivity (Wildman–Crippen MR) is 66.3 cm³/mol. The molecule has 94 valence electrons. The SMILES string of the molecule is C[C@@H]1[C@H](C)[C@H]2ON=C(c3ccc([N+](=O)[O-])cc3)[C@@H]12. The van der Waals surface area contributed by atoms with Gasteiger partial charge in [0.05, 0.1) is 10.6 Å². The van der Waals surface area contributed by atoms with Crippen molar-refractivity contribution >= 4 is 11.4 Å². The van der Waals surface area contributed by atoms with Gasteiger partial charge in [-0.05, 0) is 24.0 Å². The van der Waals surface area contributed by atoms with E-state index in [0.717, 1.165) is 11.3 Å². The fourth-order valence-corrected chi connectivity index (χ4v) is 2.85. The lowest BCUT2D eigenvalue weighted by molar-refractivity contribution is -0.384. The van der Waals surface area contributed by atoms with Gasteiger partial charge in [0.15, 0.2) is 0 Å². The first-order chi connectivity index (χ1) is 8.59. The molecule has 0 saturated heterocycles. The number of hydrogen-bond acceptors (Lipinski definition) is 4. The summed E-state index contributed by atoms with van der Waals surface area (Å²) in [5.74, 6) is 1.40. The monoisotopic (exact) mass is 246 g/mol. The van der Waals surface area contributed by atoms with Crippen molar-refractivity contribution in [3.63, 3.8) is 0 Å². The summed E-state index contributed by atoms with van der Waals surface area (Å²) in [7, 11) is 0. The van der Waals surface area contributed by atoms with E-state index >= 15 is 0 Å². The Hall–Kier alpha value is -1.91. The maximum Gasteiger partial charge on any atom is 0.269 e. The molecule has 5 nitrogen and oxygen atoms in total. The van der Waals surface area contributed by atoms with Crippen LogP contribution in [0.1, 0.15) is 19.4 Å². The zero-order valence-corrected chi connectivity index (χ0v) is 10.2. The molecule has 1 aromatic carbocycles. The van der Waals surface area contributed by atoms with Crippen molar-refractivity contribution in [1.29, 1.82) is 0 Å². The molecular weight excluding hydrogens is 232 g/mol. The lowest BCUT2D eigenvalue weighted by Gasteiger charge is -2.42. The van der Waals surface area contributed by atoms with Gasteiger partial charge >= 0.3 is 0 Å². The first-order valence-electron chi connectivity index (χ1n) is 6.08. The normalized spacial score (nSPS) is 33.1. The molecule has 2 aliphatic rings. The first kappa shape index (κ1) is 11.2. The van der Waals surface area contributed by atoms with Crippen LogP contribution in [0.25, 0.3) is 0 Å². The highest BCUT2D eigenvalue weighted by atomic mass is 16.6. The Balaban J connectivity index is 1.86. The Labute approximate surface area is 105 Å². The van der Waals surface area contributed by atoms with Gasteiger partial charge in [0.1, 0.15) is 6.10 Å². The Bertz CT molecular complexity index is 524. The quantitative estimate of drug-likeness (QED) is 0.595. The highest BCUT2D eigenvalue weighted by molar-refractivity contribution is 6.04. The van der Waals surface area contributed by atoms with Crippen LogP contribution < -0.4 is 0 Å². The number of benzene rings is 1. The van der Waals surface area contributed by atoms with Crippen molar-refractivity contribution in [3.8, 4) is 0 Å². The van der Waals surface area contributed by atoms with Gasteiger partial charge in [0, 0.05) is 23.6 Å². The summed E-state index contributed by atoms with van der Waals surface area (Å²) in [4.78, 5) is 15.6. The summed E-state index contributed by atoms with van der Waals surface area (Å²) in [6, 6.07) is 6.52. The molecule has 0 spiro atoms. The van der Waals surface area contributed by atoms with Crippen molar-refractivity contribution in [2.45, 2.75) is 20.0 Å². The van der Waals surface area contributed by atoms with Crippen LogP contribution in [-0.4, -0.2) is 16.7 Å². The fraction of sp³-hybridized carbons (Fsp3) is 0.462. The Morgan fingerprint density at radius 2 is 1.89 bits per heavy atom. The predicted octanol–water partition coefficient (Wildman–Crippen LogP) is 2.60. The molecule has 0 unspecified atom stereocenters. The molecule has 0 bridgehead atoms. The van der Waals surface area contributed by atoms with Crippen LogP contribution in [0, 0.1) is 27.9 Å². The van der Waals surface area contributed by atoms with Gasteiger partial charge in [-0.15, -0.1) is 0 Å². The van der Waals surface area contributed by atoms with E-state index in [1.54, 1.807) is 12.1 Å². The number of oxime groups is 1. The second-order valence-electron chi connectivity index (χ2n) is 5.09. The molecule has 0 amide bonds. The fourth-order valence-electron chi connectivity index (χ4n) is 2.85. The average Bonchev–Trinajstić information content (AvgIpc) is 2.79. The van der Waals surface area contributed by atoms with Crippen molar-refractivity contribution in [2.75, 3.05) is 0 Å². The van der Waals surface area contributed by atoms with E-state index < -0.39 is 4.92 Å². The van der Waals surface area contributed by atoms with Crippen LogP contribution in [0.15, 0.2) is 29.4 Å². The average molecular weight is 246 g/mol. The molecule has 18 heavy (non-hydrogen) atoms. The summed E-state index contributed by atoms with van der Waals surface area (Å²) >= 11 is 0. The Morgan fingerprint density at radius 1 is 1.22 bits per heavy atom. The summed E-state index contributed by atoms with van der Waals surface area (Å²) in [5.41, 5.74) is 1.96. The van der Waals surface area contributed by atoms with Gasteiger partial charge in [-0.3, -0.25) is 10.1 Å². The van der Waals surface area contributed by atoms with Crippen LogP contribution >= 0.6 is 0 Å². The molecule has 3 rings (SSSR count). The van der Waals surface area contributed by atoms with Crippen LogP contribution in [-0.2, 0) is 4.84 Å². The van der Waals surface area contributed by atoms with E-state index in [-0.39, 0.29) is 11.8 Å². The van der Waals surface area contributed by atoms with E-state index in [1.165, 1.54) is 12.1 Å². The highest BCUT2D eigenvalue weighted by Gasteiger charge is 2.53. The van der Waals surface area contributed by atoms with Gasteiger partial charge in [-0.1, -0.05) is 19.0 Å². The Kier molecular flexibility index (Phi) is 2.36. The number of rotatable bonds is 2. The van der Waals surface area contributed by atoms with Gasteiger partial charge in [0.2, 0.25) is 0 Å². The van der Waals surface area contributed by atoms with Gasteiger partial charge in [0.25, 0.3) is 5.69 Å². The van der Waals surface area contributed by atoms with Gasteiger partial charge in [-0.2, -0.15) is 0 Å². The van der Waals surface area contributed by atoms with Crippen LogP contribution in [0.5, 0.6) is 0 Å². The third-order valence-corrected chi connectivity index (χ3v) is 4.23. The van der Waals surface area contributed by atoms with Crippen molar-refractivity contribution in [3.05, 3.63) is 39.9 Å². The minimum atomic E-state index is -0.395. The topological polar surface area (TPSA) is 64.7 Å². The minimum absolute atomic E-state index is 0.102. The molecule has 1 aromatic rings. The molecule has 1 aliphatic carbocycles. The number of nitro benzene ring substituents is 1. The number of nitro groups is 1. The highest BCUT2D eigenvalue weighted by Crippen LogP contribution is 2.47. The number of non-ortho nitro benzene ring substituents is 1. The number of hydrogen-bond donors (Lipinski definition) is 0. The van der Waals surface area contributed by atoms with Crippen LogP contribution in [0.2, 0.25) is 0 Å². The van der Waals surface area contributed by atoms with E-state index in [4.69, 9.17) is 4.84 Å². The summed E-state index contributed by atoms with van der Waals surface area (Å²) in [6.45, 7) is 4.36. The smallest absolute Gasteiger partial charge is 0.269 e. The maximum atomic E-state index is 10.6. The third-order valence-electron chi connectivity index (χ3n) is 4.23. The lowest BCUT2D eigenvalue weighted by atomic mass is 9.62. The molecule has 4 atom stereocenters. The van der Waals surface area contributed by atoms with Crippen molar-refractivity contribution < 1.29 is 9.76 Å². The molecule has 5 heteroatoms. The summed E-state index contributed by atoms with van der Waals surface area (Å²) in [6.07, 6.45) is 0.185. The molecule has 1 aliphatic heterocycles. The molecular formula is C13H14N2O3.